The second-order valence-corrected chi connectivity index (χ2v) is 3.71. The molecule has 0 saturated carbocycles. The molecular weight excluding hydrogens is 226 g/mol. The number of halogens is 1. The summed E-state index contributed by atoms with van der Waals surface area (Å²) in [5, 5.41) is 1.60. The zero-order valence-electron chi connectivity index (χ0n) is 8.52. The number of nitrogens with zero attached hydrogens (tertiary/aromatic N) is 1. The minimum Gasteiger partial charge on any atom is -0.468 e. The van der Waals surface area contributed by atoms with Gasteiger partial charge in [-0.2, -0.15) is 0 Å². The minimum atomic E-state index is 0.323. The molecule has 0 aliphatic rings. The van der Waals surface area contributed by atoms with E-state index >= 15 is 0 Å². The number of carbonyl (C=O) groups excluding carboxylic acids is 1. The van der Waals surface area contributed by atoms with Crippen LogP contribution >= 0.6 is 11.6 Å². The predicted molar refractivity (Wildman–Crippen MR) is 62.5 cm³/mol. The summed E-state index contributed by atoms with van der Waals surface area (Å²) in [5.74, 6) is 0. The van der Waals surface area contributed by atoms with Crippen molar-refractivity contribution in [1.29, 1.82) is 0 Å². The maximum Gasteiger partial charge on any atom is 0.293 e. The zero-order valence-corrected chi connectivity index (χ0v) is 9.28. The molecule has 0 radical (unpaired) electrons. The highest BCUT2D eigenvalue weighted by Gasteiger charge is 2.05. The fourth-order valence-corrected chi connectivity index (χ4v) is 1.84. The second-order valence-electron chi connectivity index (χ2n) is 3.33. The summed E-state index contributed by atoms with van der Waals surface area (Å²) in [6.07, 6.45) is 2.30. The van der Waals surface area contributed by atoms with Crippen LogP contribution in [0.1, 0.15) is 5.56 Å². The lowest BCUT2D eigenvalue weighted by atomic mass is 10.1. The highest BCUT2D eigenvalue weighted by atomic mass is 35.5. The van der Waals surface area contributed by atoms with Gasteiger partial charge in [0.05, 0.1) is 17.1 Å². The van der Waals surface area contributed by atoms with E-state index in [-0.39, 0.29) is 0 Å². The van der Waals surface area contributed by atoms with Crippen molar-refractivity contribution in [3.05, 3.63) is 41.0 Å². The van der Waals surface area contributed by atoms with Gasteiger partial charge in [0.2, 0.25) is 0 Å². The lowest BCUT2D eigenvalue weighted by Gasteiger charge is -2.06. The van der Waals surface area contributed by atoms with Crippen molar-refractivity contribution < 1.29 is 9.53 Å². The minimum absolute atomic E-state index is 0.323. The van der Waals surface area contributed by atoms with Crippen molar-refractivity contribution in [2.75, 3.05) is 6.61 Å². The lowest BCUT2D eigenvalue weighted by Crippen LogP contribution is -1.98. The summed E-state index contributed by atoms with van der Waals surface area (Å²) in [4.78, 5) is 14.3. The Morgan fingerprint density at radius 1 is 1.38 bits per heavy atom. The monoisotopic (exact) mass is 235 g/mol. The van der Waals surface area contributed by atoms with Crippen LogP contribution < -0.4 is 0 Å². The summed E-state index contributed by atoms with van der Waals surface area (Å²) in [5.41, 5.74) is 1.76. The Balaban J connectivity index is 2.33. The maximum absolute atomic E-state index is 10.0. The Morgan fingerprint density at radius 2 is 2.19 bits per heavy atom. The van der Waals surface area contributed by atoms with Crippen molar-refractivity contribution in [3.63, 3.8) is 0 Å². The summed E-state index contributed by atoms with van der Waals surface area (Å²) in [6.45, 7) is 0.756. The Morgan fingerprint density at radius 3 is 3.00 bits per heavy atom. The van der Waals surface area contributed by atoms with Crippen molar-refractivity contribution in [2.24, 2.45) is 0 Å². The average molecular weight is 236 g/mol. The average Bonchev–Trinajstić information content (AvgIpc) is 2.33. The summed E-state index contributed by atoms with van der Waals surface area (Å²) in [7, 11) is 0. The van der Waals surface area contributed by atoms with Gasteiger partial charge in [-0.15, -0.1) is 0 Å². The molecular formula is C12H10ClNO2. The zero-order chi connectivity index (χ0) is 11.4. The van der Waals surface area contributed by atoms with Crippen LogP contribution in [0.4, 0.5) is 0 Å². The van der Waals surface area contributed by atoms with Crippen LogP contribution in [0.25, 0.3) is 10.9 Å². The van der Waals surface area contributed by atoms with Gasteiger partial charge in [0.15, 0.2) is 0 Å². The van der Waals surface area contributed by atoms with Crippen molar-refractivity contribution in [3.8, 4) is 0 Å². The summed E-state index contributed by atoms with van der Waals surface area (Å²) < 4.78 is 4.64. The smallest absolute Gasteiger partial charge is 0.293 e. The quantitative estimate of drug-likeness (QED) is 0.604. The molecule has 0 aliphatic heterocycles. The molecule has 0 aliphatic carbocycles. The van der Waals surface area contributed by atoms with Crippen molar-refractivity contribution in [2.45, 2.75) is 6.42 Å². The molecule has 0 N–H and O–H groups in total. The molecule has 0 atom stereocenters. The van der Waals surface area contributed by atoms with Crippen molar-refractivity contribution >= 4 is 29.0 Å². The Bertz CT molecular complexity index is 513. The standard InChI is InChI=1S/C12H10ClNO2/c13-12-9(5-6-16-8-15)7-14-11-4-2-1-3-10(11)12/h1-4,7-8H,5-6H2. The van der Waals surface area contributed by atoms with Crippen molar-refractivity contribution in [1.82, 2.24) is 4.98 Å². The van der Waals surface area contributed by atoms with Gasteiger partial charge in [0.1, 0.15) is 0 Å². The van der Waals surface area contributed by atoms with E-state index in [1.807, 2.05) is 24.3 Å². The van der Waals surface area contributed by atoms with E-state index in [1.54, 1.807) is 6.20 Å². The van der Waals surface area contributed by atoms with Gasteiger partial charge >= 0.3 is 0 Å². The summed E-state index contributed by atoms with van der Waals surface area (Å²) in [6, 6.07) is 7.67. The lowest BCUT2D eigenvalue weighted by molar-refractivity contribution is -0.128. The number of fused-ring (bicyclic) bond motifs is 1. The molecule has 0 saturated heterocycles. The van der Waals surface area contributed by atoms with E-state index in [9.17, 15) is 4.79 Å². The molecule has 82 valence electrons. The van der Waals surface area contributed by atoms with Crippen LogP contribution in [0, 0.1) is 0 Å². The van der Waals surface area contributed by atoms with Crippen LogP contribution in [0.5, 0.6) is 0 Å². The third kappa shape index (κ3) is 2.14. The topological polar surface area (TPSA) is 39.2 Å². The number of ether oxygens (including phenoxy) is 1. The van der Waals surface area contributed by atoms with Gasteiger partial charge in [-0.3, -0.25) is 9.78 Å². The first-order valence-electron chi connectivity index (χ1n) is 4.90. The number of hydrogen-bond donors (Lipinski definition) is 0. The number of aromatic nitrogens is 1. The van der Waals surface area contributed by atoms with Gasteiger partial charge in [0.25, 0.3) is 6.47 Å². The molecule has 0 fully saturated rings. The van der Waals surface area contributed by atoms with E-state index < -0.39 is 0 Å². The molecule has 3 nitrogen and oxygen atoms in total. The van der Waals surface area contributed by atoms with E-state index in [4.69, 9.17) is 11.6 Å². The Kier molecular flexibility index (Phi) is 3.37. The third-order valence-corrected chi connectivity index (χ3v) is 2.79. The second kappa shape index (κ2) is 4.94. The van der Waals surface area contributed by atoms with Crippen LogP contribution in [0.3, 0.4) is 0 Å². The van der Waals surface area contributed by atoms with Gasteiger partial charge in [-0.1, -0.05) is 29.8 Å². The molecule has 1 aromatic heterocycles. The predicted octanol–water partition coefficient (Wildman–Crippen LogP) is 2.60. The van der Waals surface area contributed by atoms with Gasteiger partial charge in [-0.05, 0) is 11.6 Å². The van der Waals surface area contributed by atoms with Crippen LogP contribution in [-0.4, -0.2) is 18.1 Å². The highest BCUT2D eigenvalue weighted by molar-refractivity contribution is 6.36. The SMILES string of the molecule is O=COCCc1cnc2ccccc2c1Cl. The molecule has 16 heavy (non-hydrogen) atoms. The van der Waals surface area contributed by atoms with Gasteiger partial charge in [0, 0.05) is 18.0 Å². The molecule has 0 unspecified atom stereocenters. The molecule has 1 heterocycles. The molecule has 1 aromatic carbocycles. The molecule has 2 aromatic rings. The largest absolute Gasteiger partial charge is 0.468 e. The maximum atomic E-state index is 10.0. The number of rotatable bonds is 4. The van der Waals surface area contributed by atoms with Crippen LogP contribution in [-0.2, 0) is 16.0 Å². The molecule has 0 bridgehead atoms. The first-order valence-corrected chi connectivity index (χ1v) is 5.28. The van der Waals surface area contributed by atoms with E-state index in [2.05, 4.69) is 9.72 Å². The molecule has 0 amide bonds. The van der Waals surface area contributed by atoms with E-state index in [1.165, 1.54) is 0 Å². The van der Waals surface area contributed by atoms with Gasteiger partial charge < -0.3 is 4.74 Å². The van der Waals surface area contributed by atoms with Gasteiger partial charge in [-0.25, -0.2) is 0 Å². The van der Waals surface area contributed by atoms with E-state index in [0.29, 0.717) is 24.5 Å². The number of hydrogen-bond acceptors (Lipinski definition) is 3. The van der Waals surface area contributed by atoms with E-state index in [0.717, 1.165) is 16.5 Å². The molecule has 2 rings (SSSR count). The molecule has 0 spiro atoms. The fraction of sp³-hybridized carbons (Fsp3) is 0.167. The number of benzene rings is 1. The van der Waals surface area contributed by atoms with Crippen LogP contribution in [0.15, 0.2) is 30.5 Å². The molecule has 4 heteroatoms. The Labute approximate surface area is 98.0 Å². The normalized spacial score (nSPS) is 10.3. The first-order chi connectivity index (χ1) is 7.83. The first kappa shape index (κ1) is 10.9. The summed E-state index contributed by atoms with van der Waals surface area (Å²) >= 11 is 6.24. The Hall–Kier alpha value is -1.61. The van der Waals surface area contributed by atoms with Crippen LogP contribution in [0.2, 0.25) is 5.02 Å². The number of para-hydroxylation sites is 1. The highest BCUT2D eigenvalue weighted by Crippen LogP contribution is 2.25. The fourth-order valence-electron chi connectivity index (χ4n) is 1.54. The number of pyridine rings is 1. The number of carbonyl (C=O) groups is 1. The third-order valence-electron chi connectivity index (χ3n) is 2.34.